The molecule has 1 aromatic rings. The molecule has 0 N–H and O–H groups in total. The van der Waals surface area contributed by atoms with E-state index in [9.17, 15) is 0 Å². The predicted molar refractivity (Wildman–Crippen MR) is 63.0 cm³/mol. The molecule has 1 aliphatic rings. The lowest BCUT2D eigenvalue weighted by atomic mass is 9.85. The van der Waals surface area contributed by atoms with Crippen LogP contribution in [-0.2, 0) is 5.41 Å². The van der Waals surface area contributed by atoms with E-state index < -0.39 is 0 Å². The molecule has 2 unspecified atom stereocenters. The number of hydrogen-bond donors (Lipinski definition) is 0. The maximum absolute atomic E-state index is 3.73. The Balaban J connectivity index is 2.30. The van der Waals surface area contributed by atoms with Crippen LogP contribution in [0.5, 0.6) is 0 Å². The first-order valence-electron chi connectivity index (χ1n) is 4.80. The van der Waals surface area contributed by atoms with Crippen LogP contribution in [0.1, 0.15) is 36.6 Å². The normalized spacial score (nSPS) is 33.9. The highest BCUT2D eigenvalue weighted by atomic mass is 79.9. The maximum Gasteiger partial charge on any atom is 0.0154 e. The zero-order chi connectivity index (χ0) is 9.47. The molecular weight excluding hydrogens is 244 g/mol. The van der Waals surface area contributed by atoms with Crippen LogP contribution in [0.2, 0.25) is 0 Å². The van der Waals surface area contributed by atoms with E-state index in [2.05, 4.69) is 41.2 Å². The van der Waals surface area contributed by atoms with Gasteiger partial charge in [-0.25, -0.2) is 0 Å². The fraction of sp³-hybridized carbons (Fsp3) is 0.636. The van der Waals surface area contributed by atoms with Crippen molar-refractivity contribution in [3.05, 3.63) is 21.9 Å². The molecule has 2 heteroatoms. The summed E-state index contributed by atoms with van der Waals surface area (Å²) in [5.41, 5.74) is 1.93. The fourth-order valence-electron chi connectivity index (χ4n) is 2.37. The van der Waals surface area contributed by atoms with Crippen molar-refractivity contribution in [3.63, 3.8) is 0 Å². The van der Waals surface area contributed by atoms with Crippen molar-refractivity contribution < 1.29 is 0 Å². The Bertz CT molecular complexity index is 305. The highest BCUT2D eigenvalue weighted by molar-refractivity contribution is 9.09. The highest BCUT2D eigenvalue weighted by Crippen LogP contribution is 2.46. The van der Waals surface area contributed by atoms with Gasteiger partial charge in [-0.1, -0.05) is 22.9 Å². The van der Waals surface area contributed by atoms with Gasteiger partial charge in [-0.15, -0.1) is 11.3 Å². The van der Waals surface area contributed by atoms with Gasteiger partial charge in [0.15, 0.2) is 0 Å². The summed E-state index contributed by atoms with van der Waals surface area (Å²) in [5.74, 6) is 0. The van der Waals surface area contributed by atoms with Crippen LogP contribution in [0, 0.1) is 6.92 Å². The van der Waals surface area contributed by atoms with Gasteiger partial charge in [0, 0.05) is 15.1 Å². The molecular formula is C11H15BrS. The van der Waals surface area contributed by atoms with E-state index in [4.69, 9.17) is 0 Å². The molecule has 1 aromatic heterocycles. The molecule has 2 atom stereocenters. The average molecular weight is 259 g/mol. The molecule has 72 valence electrons. The Hall–Kier alpha value is 0.180. The quantitative estimate of drug-likeness (QED) is 0.661. The molecule has 0 saturated heterocycles. The summed E-state index contributed by atoms with van der Waals surface area (Å²) in [4.78, 5) is 2.34. The summed E-state index contributed by atoms with van der Waals surface area (Å²) >= 11 is 5.66. The number of alkyl halides is 1. The Kier molecular flexibility index (Phi) is 2.54. The van der Waals surface area contributed by atoms with Gasteiger partial charge in [0.05, 0.1) is 0 Å². The van der Waals surface area contributed by atoms with Crippen molar-refractivity contribution in [1.82, 2.24) is 0 Å². The fourth-order valence-corrected chi connectivity index (χ4v) is 4.44. The van der Waals surface area contributed by atoms with Gasteiger partial charge < -0.3 is 0 Å². The number of halogens is 1. The number of aryl methyl sites for hydroxylation is 1. The standard InChI is InChI=1S/C11H15BrS/c1-8-4-6-13-10(8)11(2)5-3-9(12)7-11/h4,6,9H,3,5,7H2,1-2H3. The van der Waals surface area contributed by atoms with Crippen molar-refractivity contribution in [3.8, 4) is 0 Å². The highest BCUT2D eigenvalue weighted by Gasteiger charge is 2.36. The lowest BCUT2D eigenvalue weighted by Gasteiger charge is -2.23. The van der Waals surface area contributed by atoms with Gasteiger partial charge in [-0.3, -0.25) is 0 Å². The maximum atomic E-state index is 3.73. The molecule has 2 rings (SSSR count). The molecule has 0 radical (unpaired) electrons. The molecule has 0 amide bonds. The first kappa shape index (κ1) is 9.72. The average Bonchev–Trinajstić information content (AvgIpc) is 2.59. The van der Waals surface area contributed by atoms with Crippen molar-refractivity contribution in [2.24, 2.45) is 0 Å². The zero-order valence-electron chi connectivity index (χ0n) is 8.14. The van der Waals surface area contributed by atoms with E-state index in [1.54, 1.807) is 4.88 Å². The van der Waals surface area contributed by atoms with Crippen molar-refractivity contribution in [2.75, 3.05) is 0 Å². The SMILES string of the molecule is Cc1ccsc1C1(C)CCC(Br)C1. The molecule has 0 spiro atoms. The molecule has 13 heavy (non-hydrogen) atoms. The molecule has 0 bridgehead atoms. The summed E-state index contributed by atoms with van der Waals surface area (Å²) in [6.45, 7) is 4.64. The van der Waals surface area contributed by atoms with Crippen molar-refractivity contribution >= 4 is 27.3 Å². The van der Waals surface area contributed by atoms with E-state index in [1.807, 2.05) is 11.3 Å². The molecule has 1 fully saturated rings. The monoisotopic (exact) mass is 258 g/mol. The Morgan fingerprint density at radius 3 is 2.85 bits per heavy atom. The minimum Gasteiger partial charge on any atom is -0.148 e. The van der Waals surface area contributed by atoms with Gasteiger partial charge in [0.1, 0.15) is 0 Å². The third kappa shape index (κ3) is 1.71. The predicted octanol–water partition coefficient (Wildman–Crippen LogP) is 4.26. The van der Waals surface area contributed by atoms with E-state index >= 15 is 0 Å². The molecule has 0 aromatic carbocycles. The summed E-state index contributed by atoms with van der Waals surface area (Å²) in [6.07, 6.45) is 3.96. The molecule has 0 nitrogen and oxygen atoms in total. The van der Waals surface area contributed by atoms with E-state index in [-0.39, 0.29) is 0 Å². The molecule has 0 aliphatic heterocycles. The second-order valence-corrected chi connectivity index (χ2v) is 6.54. The largest absolute Gasteiger partial charge is 0.148 e. The second-order valence-electron chi connectivity index (χ2n) is 4.33. The summed E-state index contributed by atoms with van der Waals surface area (Å²) < 4.78 is 0. The van der Waals surface area contributed by atoms with Crippen LogP contribution < -0.4 is 0 Å². The van der Waals surface area contributed by atoms with E-state index in [0.717, 1.165) is 4.83 Å². The van der Waals surface area contributed by atoms with Crippen LogP contribution in [0.3, 0.4) is 0 Å². The number of thiophene rings is 1. The number of rotatable bonds is 1. The first-order chi connectivity index (χ1) is 6.12. The van der Waals surface area contributed by atoms with Gasteiger partial charge in [-0.05, 0) is 43.2 Å². The van der Waals surface area contributed by atoms with Crippen LogP contribution in [-0.4, -0.2) is 4.83 Å². The lowest BCUT2D eigenvalue weighted by molar-refractivity contribution is 0.501. The van der Waals surface area contributed by atoms with Crippen LogP contribution in [0.15, 0.2) is 11.4 Å². The van der Waals surface area contributed by atoms with Crippen molar-refractivity contribution in [2.45, 2.75) is 43.4 Å². The molecule has 1 saturated carbocycles. The molecule has 1 heterocycles. The smallest absolute Gasteiger partial charge is 0.0154 e. The van der Waals surface area contributed by atoms with Crippen LogP contribution in [0.25, 0.3) is 0 Å². The topological polar surface area (TPSA) is 0 Å². The Morgan fingerprint density at radius 1 is 1.62 bits per heavy atom. The summed E-state index contributed by atoms with van der Waals surface area (Å²) in [6, 6.07) is 2.24. The minimum atomic E-state index is 0.451. The van der Waals surface area contributed by atoms with E-state index in [0.29, 0.717) is 5.41 Å². The number of hydrogen-bond acceptors (Lipinski definition) is 1. The third-order valence-corrected chi connectivity index (χ3v) is 5.20. The van der Waals surface area contributed by atoms with Crippen LogP contribution >= 0.6 is 27.3 Å². The zero-order valence-corrected chi connectivity index (χ0v) is 10.5. The van der Waals surface area contributed by atoms with Gasteiger partial charge in [0.25, 0.3) is 0 Å². The van der Waals surface area contributed by atoms with Gasteiger partial charge in [-0.2, -0.15) is 0 Å². The lowest BCUT2D eigenvalue weighted by Crippen LogP contribution is -2.17. The first-order valence-corrected chi connectivity index (χ1v) is 6.60. The summed E-state index contributed by atoms with van der Waals surface area (Å²) in [5, 5.41) is 2.22. The Labute approximate surface area is 92.5 Å². The Morgan fingerprint density at radius 2 is 2.38 bits per heavy atom. The summed E-state index contributed by atoms with van der Waals surface area (Å²) in [7, 11) is 0. The van der Waals surface area contributed by atoms with Crippen LogP contribution in [0.4, 0.5) is 0 Å². The molecule has 1 aliphatic carbocycles. The van der Waals surface area contributed by atoms with Crippen molar-refractivity contribution in [1.29, 1.82) is 0 Å². The van der Waals surface area contributed by atoms with Gasteiger partial charge in [0.2, 0.25) is 0 Å². The van der Waals surface area contributed by atoms with E-state index in [1.165, 1.54) is 24.8 Å². The third-order valence-electron chi connectivity index (χ3n) is 3.09. The van der Waals surface area contributed by atoms with Gasteiger partial charge >= 0.3 is 0 Å². The minimum absolute atomic E-state index is 0.451. The second kappa shape index (κ2) is 3.39.